The molecular weight excluding hydrogens is 242 g/mol. The van der Waals surface area contributed by atoms with E-state index in [1.165, 1.54) is 11.1 Å². The molecule has 92 valence electrons. The summed E-state index contributed by atoms with van der Waals surface area (Å²) < 4.78 is 0. The van der Waals surface area contributed by atoms with E-state index in [1.807, 2.05) is 37.4 Å². The molecule has 2 aromatic carbocycles. The number of aliphatic imine (C=N–C) groups is 1. The number of halogens is 1. The SMILES string of the molecule is CCc1ccccc1/C=N/c1cccc(Cl)c1C. The first-order valence-corrected chi connectivity index (χ1v) is 6.47. The van der Waals surface area contributed by atoms with Crippen LogP contribution in [-0.4, -0.2) is 6.21 Å². The Morgan fingerprint density at radius 1 is 1.11 bits per heavy atom. The highest BCUT2D eigenvalue weighted by Crippen LogP contribution is 2.25. The van der Waals surface area contributed by atoms with Gasteiger partial charge in [0.1, 0.15) is 0 Å². The molecule has 0 saturated heterocycles. The lowest BCUT2D eigenvalue weighted by atomic mass is 10.1. The molecule has 0 aliphatic heterocycles. The van der Waals surface area contributed by atoms with E-state index < -0.39 is 0 Å². The summed E-state index contributed by atoms with van der Waals surface area (Å²) in [4.78, 5) is 4.54. The van der Waals surface area contributed by atoms with Crippen molar-refractivity contribution in [3.63, 3.8) is 0 Å². The lowest BCUT2D eigenvalue weighted by Crippen LogP contribution is -1.90. The lowest BCUT2D eigenvalue weighted by molar-refractivity contribution is 1.13. The summed E-state index contributed by atoms with van der Waals surface area (Å²) in [5.41, 5.74) is 4.41. The summed E-state index contributed by atoms with van der Waals surface area (Å²) in [6, 6.07) is 14.1. The molecule has 0 spiro atoms. The third-order valence-corrected chi connectivity index (χ3v) is 3.43. The maximum Gasteiger partial charge on any atom is 0.0673 e. The van der Waals surface area contributed by atoms with E-state index in [9.17, 15) is 0 Å². The second kappa shape index (κ2) is 5.83. The molecule has 0 aromatic heterocycles. The van der Waals surface area contributed by atoms with Crippen LogP contribution in [0.4, 0.5) is 5.69 Å². The molecule has 0 radical (unpaired) electrons. The highest BCUT2D eigenvalue weighted by molar-refractivity contribution is 6.31. The molecule has 1 nitrogen and oxygen atoms in total. The zero-order valence-electron chi connectivity index (χ0n) is 10.7. The van der Waals surface area contributed by atoms with Gasteiger partial charge in [0.2, 0.25) is 0 Å². The Kier molecular flexibility index (Phi) is 4.16. The first-order valence-electron chi connectivity index (χ1n) is 6.09. The molecule has 0 atom stereocenters. The van der Waals surface area contributed by atoms with E-state index in [1.54, 1.807) is 0 Å². The number of aryl methyl sites for hydroxylation is 1. The van der Waals surface area contributed by atoms with Crippen LogP contribution in [0.25, 0.3) is 0 Å². The third kappa shape index (κ3) is 2.80. The average molecular weight is 258 g/mol. The van der Waals surface area contributed by atoms with Crippen LogP contribution >= 0.6 is 11.6 Å². The largest absolute Gasteiger partial charge is 0.256 e. The van der Waals surface area contributed by atoms with E-state index in [2.05, 4.69) is 30.1 Å². The standard InChI is InChI=1S/C16H16ClN/c1-3-13-7-4-5-8-14(13)11-18-16-10-6-9-15(17)12(16)2/h4-11H,3H2,1-2H3/b18-11+. The quantitative estimate of drug-likeness (QED) is 0.689. The van der Waals surface area contributed by atoms with Crippen LogP contribution in [0.15, 0.2) is 47.5 Å². The summed E-state index contributed by atoms with van der Waals surface area (Å²) in [6.45, 7) is 4.14. The third-order valence-electron chi connectivity index (χ3n) is 3.02. The molecule has 0 fully saturated rings. The van der Waals surface area contributed by atoms with Gasteiger partial charge in [0, 0.05) is 11.2 Å². The van der Waals surface area contributed by atoms with Crippen LogP contribution < -0.4 is 0 Å². The van der Waals surface area contributed by atoms with E-state index in [-0.39, 0.29) is 0 Å². The molecular formula is C16H16ClN. The summed E-state index contributed by atoms with van der Waals surface area (Å²) in [7, 11) is 0. The smallest absolute Gasteiger partial charge is 0.0673 e. The van der Waals surface area contributed by atoms with Crippen LogP contribution in [0.1, 0.15) is 23.6 Å². The van der Waals surface area contributed by atoms with Crippen molar-refractivity contribution in [2.75, 3.05) is 0 Å². The Bertz CT molecular complexity index is 573. The van der Waals surface area contributed by atoms with Gasteiger partial charge < -0.3 is 0 Å². The van der Waals surface area contributed by atoms with Crippen LogP contribution in [0, 0.1) is 6.92 Å². The van der Waals surface area contributed by atoms with Crippen molar-refractivity contribution in [2.24, 2.45) is 4.99 Å². The minimum atomic E-state index is 0.758. The maximum absolute atomic E-state index is 6.08. The number of hydrogen-bond donors (Lipinski definition) is 0. The number of nitrogens with zero attached hydrogens (tertiary/aromatic N) is 1. The summed E-state index contributed by atoms with van der Waals surface area (Å²) in [5, 5.41) is 0.758. The zero-order chi connectivity index (χ0) is 13.0. The highest BCUT2D eigenvalue weighted by Gasteiger charge is 2.00. The maximum atomic E-state index is 6.08. The van der Waals surface area contributed by atoms with Crippen LogP contribution in [0.5, 0.6) is 0 Å². The summed E-state index contributed by atoms with van der Waals surface area (Å²) in [5.74, 6) is 0. The van der Waals surface area contributed by atoms with Crippen LogP contribution in [0.2, 0.25) is 5.02 Å². The number of rotatable bonds is 3. The van der Waals surface area contributed by atoms with Crippen LogP contribution in [0.3, 0.4) is 0 Å². The number of benzene rings is 2. The lowest BCUT2D eigenvalue weighted by Gasteiger charge is -2.04. The van der Waals surface area contributed by atoms with Crippen LogP contribution in [-0.2, 0) is 6.42 Å². The Labute approximate surface area is 113 Å². The fourth-order valence-corrected chi connectivity index (χ4v) is 2.03. The molecule has 0 unspecified atom stereocenters. The molecule has 0 amide bonds. The van der Waals surface area contributed by atoms with Gasteiger partial charge in [-0.05, 0) is 42.2 Å². The van der Waals surface area contributed by atoms with Gasteiger partial charge in [-0.2, -0.15) is 0 Å². The zero-order valence-corrected chi connectivity index (χ0v) is 11.4. The predicted molar refractivity (Wildman–Crippen MR) is 79.3 cm³/mol. The normalized spacial score (nSPS) is 11.1. The second-order valence-electron chi connectivity index (χ2n) is 4.19. The van der Waals surface area contributed by atoms with E-state index >= 15 is 0 Å². The molecule has 2 heteroatoms. The topological polar surface area (TPSA) is 12.4 Å². The van der Waals surface area contributed by atoms with Gasteiger partial charge >= 0.3 is 0 Å². The molecule has 0 saturated carbocycles. The van der Waals surface area contributed by atoms with E-state index in [0.717, 1.165) is 22.7 Å². The first-order chi connectivity index (χ1) is 8.72. The van der Waals surface area contributed by atoms with Gasteiger partial charge in [0.15, 0.2) is 0 Å². The van der Waals surface area contributed by atoms with Crippen molar-refractivity contribution in [3.05, 3.63) is 64.2 Å². The Morgan fingerprint density at radius 2 is 1.89 bits per heavy atom. The fraction of sp³-hybridized carbons (Fsp3) is 0.188. The molecule has 0 aliphatic rings. The second-order valence-corrected chi connectivity index (χ2v) is 4.60. The van der Waals surface area contributed by atoms with Crippen molar-refractivity contribution >= 4 is 23.5 Å². The van der Waals surface area contributed by atoms with Crippen molar-refractivity contribution in [3.8, 4) is 0 Å². The van der Waals surface area contributed by atoms with Crippen molar-refractivity contribution in [2.45, 2.75) is 20.3 Å². The van der Waals surface area contributed by atoms with Crippen molar-refractivity contribution < 1.29 is 0 Å². The van der Waals surface area contributed by atoms with Gasteiger partial charge in [-0.15, -0.1) is 0 Å². The van der Waals surface area contributed by atoms with Crippen molar-refractivity contribution in [1.29, 1.82) is 0 Å². The summed E-state index contributed by atoms with van der Waals surface area (Å²) in [6.07, 6.45) is 2.92. The Morgan fingerprint density at radius 3 is 2.67 bits per heavy atom. The molecule has 0 aliphatic carbocycles. The molecule has 0 bridgehead atoms. The van der Waals surface area contributed by atoms with Gasteiger partial charge in [-0.25, -0.2) is 0 Å². The minimum Gasteiger partial charge on any atom is -0.256 e. The molecule has 0 N–H and O–H groups in total. The van der Waals surface area contributed by atoms with E-state index in [0.29, 0.717) is 0 Å². The number of hydrogen-bond acceptors (Lipinski definition) is 1. The van der Waals surface area contributed by atoms with Gasteiger partial charge in [-0.1, -0.05) is 48.9 Å². The fourth-order valence-electron chi connectivity index (χ4n) is 1.86. The predicted octanol–water partition coefficient (Wildman–Crippen LogP) is 4.96. The monoisotopic (exact) mass is 257 g/mol. The molecule has 18 heavy (non-hydrogen) atoms. The van der Waals surface area contributed by atoms with E-state index in [4.69, 9.17) is 11.6 Å². The molecule has 2 aromatic rings. The first kappa shape index (κ1) is 12.8. The minimum absolute atomic E-state index is 0.758. The Hall–Kier alpha value is -1.60. The van der Waals surface area contributed by atoms with Gasteiger partial charge in [0.05, 0.1) is 5.69 Å². The molecule has 2 rings (SSSR count). The van der Waals surface area contributed by atoms with Gasteiger partial charge in [0.25, 0.3) is 0 Å². The average Bonchev–Trinajstić information content (AvgIpc) is 2.41. The van der Waals surface area contributed by atoms with Crippen molar-refractivity contribution in [1.82, 2.24) is 0 Å². The summed E-state index contributed by atoms with van der Waals surface area (Å²) >= 11 is 6.08. The molecule has 0 heterocycles. The highest BCUT2D eigenvalue weighted by atomic mass is 35.5. The van der Waals surface area contributed by atoms with Gasteiger partial charge in [-0.3, -0.25) is 4.99 Å². The Balaban J connectivity index is 2.33.